The van der Waals surface area contributed by atoms with Crippen molar-refractivity contribution >= 4 is 34.8 Å². The smallest absolute Gasteiger partial charge is 0.242 e. The topological polar surface area (TPSA) is 40.6 Å². The number of alkyl halides is 1. The molecule has 0 saturated carbocycles. The number of halogens is 1. The second-order valence-corrected chi connectivity index (χ2v) is 9.57. The molecule has 0 atom stereocenters. The Morgan fingerprint density at radius 1 is 1.10 bits per heavy atom. The molecular weight excluding hydrogens is 404 g/mol. The first-order chi connectivity index (χ1) is 13.7. The van der Waals surface area contributed by atoms with Gasteiger partial charge in [0.2, 0.25) is 11.8 Å². The van der Waals surface area contributed by atoms with E-state index in [0.717, 1.165) is 10.4 Å². The normalized spacial score (nSPS) is 11.6. The molecule has 0 saturated heterocycles. The first kappa shape index (κ1) is 23.4. The molecule has 0 spiro atoms. The number of rotatable bonds is 9. The number of aryl methyl sites for hydroxylation is 1. The summed E-state index contributed by atoms with van der Waals surface area (Å²) in [6.07, 6.45) is 0. The van der Waals surface area contributed by atoms with Gasteiger partial charge >= 0.3 is 0 Å². The van der Waals surface area contributed by atoms with E-state index in [4.69, 9.17) is 11.6 Å². The molecule has 0 fully saturated rings. The predicted molar refractivity (Wildman–Crippen MR) is 121 cm³/mol. The quantitative estimate of drug-likeness (QED) is 0.516. The van der Waals surface area contributed by atoms with E-state index in [2.05, 4.69) is 13.0 Å². The molecule has 2 aromatic rings. The number of carbonyl (C=O) groups is 2. The Labute approximate surface area is 183 Å². The Morgan fingerprint density at radius 2 is 1.76 bits per heavy atom. The van der Waals surface area contributed by atoms with Crippen LogP contribution in [-0.4, -0.2) is 40.1 Å². The minimum Gasteiger partial charge on any atom is -0.332 e. The van der Waals surface area contributed by atoms with Crippen molar-refractivity contribution in [2.24, 2.45) is 5.41 Å². The fourth-order valence-electron chi connectivity index (χ4n) is 2.96. The number of thiophene rings is 1. The molecule has 0 aliphatic rings. The van der Waals surface area contributed by atoms with Crippen LogP contribution in [-0.2, 0) is 22.7 Å². The number of amides is 2. The molecule has 2 rings (SSSR count). The first-order valence-electron chi connectivity index (χ1n) is 9.87. The van der Waals surface area contributed by atoms with Crippen molar-refractivity contribution in [1.29, 1.82) is 0 Å². The van der Waals surface area contributed by atoms with Crippen LogP contribution in [0, 0.1) is 12.3 Å². The minimum atomic E-state index is -0.708. The Kier molecular flexibility index (Phi) is 8.29. The molecule has 0 radical (unpaired) electrons. The van der Waals surface area contributed by atoms with Gasteiger partial charge in [-0.1, -0.05) is 30.3 Å². The van der Waals surface area contributed by atoms with E-state index in [1.807, 2.05) is 68.3 Å². The van der Waals surface area contributed by atoms with Crippen molar-refractivity contribution in [3.63, 3.8) is 0 Å². The van der Waals surface area contributed by atoms with Crippen LogP contribution in [0.1, 0.15) is 43.7 Å². The van der Waals surface area contributed by atoms with Crippen LogP contribution in [0.3, 0.4) is 0 Å². The predicted octanol–water partition coefficient (Wildman–Crippen LogP) is 5.09. The van der Waals surface area contributed by atoms with Gasteiger partial charge in [0.1, 0.15) is 6.54 Å². The van der Waals surface area contributed by atoms with E-state index < -0.39 is 5.41 Å². The van der Waals surface area contributed by atoms with E-state index in [1.54, 1.807) is 16.2 Å². The third kappa shape index (κ3) is 6.31. The van der Waals surface area contributed by atoms with Crippen molar-refractivity contribution < 1.29 is 9.59 Å². The van der Waals surface area contributed by atoms with Gasteiger partial charge in [-0.3, -0.25) is 9.59 Å². The number of carbonyl (C=O) groups excluding carboxylic acids is 2. The van der Waals surface area contributed by atoms with Crippen molar-refractivity contribution in [2.45, 2.75) is 53.8 Å². The van der Waals surface area contributed by atoms with Crippen LogP contribution in [0.25, 0.3) is 0 Å². The highest BCUT2D eigenvalue weighted by Gasteiger charge is 2.34. The van der Waals surface area contributed by atoms with Gasteiger partial charge in [-0.25, -0.2) is 0 Å². The van der Waals surface area contributed by atoms with E-state index in [0.29, 0.717) is 13.1 Å². The third-order valence-corrected chi connectivity index (χ3v) is 6.65. The molecule has 0 aliphatic heterocycles. The Hall–Kier alpha value is -1.85. The maximum atomic E-state index is 13.3. The molecule has 6 heteroatoms. The molecule has 0 unspecified atom stereocenters. The van der Waals surface area contributed by atoms with E-state index in [1.165, 1.54) is 5.56 Å². The lowest BCUT2D eigenvalue weighted by Crippen LogP contribution is -2.50. The van der Waals surface area contributed by atoms with Gasteiger partial charge in [0.05, 0.1) is 12.0 Å². The van der Waals surface area contributed by atoms with Crippen LogP contribution in [0.2, 0.25) is 0 Å². The van der Waals surface area contributed by atoms with Crippen molar-refractivity contribution in [2.75, 3.05) is 12.4 Å². The molecule has 0 aliphatic carbocycles. The van der Waals surface area contributed by atoms with Crippen LogP contribution < -0.4 is 0 Å². The third-order valence-electron chi connectivity index (χ3n) is 4.97. The molecule has 1 aromatic carbocycles. The number of hydrogen-bond donors (Lipinski definition) is 0. The molecule has 1 heterocycles. The van der Waals surface area contributed by atoms with Crippen LogP contribution in [0.15, 0.2) is 41.8 Å². The zero-order chi connectivity index (χ0) is 21.6. The number of benzene rings is 1. The summed E-state index contributed by atoms with van der Waals surface area (Å²) in [6.45, 7) is 10.7. The summed E-state index contributed by atoms with van der Waals surface area (Å²) in [4.78, 5) is 31.0. The van der Waals surface area contributed by atoms with Gasteiger partial charge in [-0.05, 0) is 57.2 Å². The summed E-state index contributed by atoms with van der Waals surface area (Å²) in [7, 11) is 0. The molecule has 158 valence electrons. The lowest BCUT2D eigenvalue weighted by molar-refractivity contribution is -0.147. The van der Waals surface area contributed by atoms with E-state index in [-0.39, 0.29) is 30.3 Å². The zero-order valence-electron chi connectivity index (χ0n) is 17.9. The Morgan fingerprint density at radius 3 is 2.28 bits per heavy atom. The van der Waals surface area contributed by atoms with Crippen LogP contribution >= 0.6 is 22.9 Å². The van der Waals surface area contributed by atoms with Crippen LogP contribution in [0.4, 0.5) is 0 Å². The van der Waals surface area contributed by atoms with Gasteiger partial charge in [0, 0.05) is 23.3 Å². The molecular formula is C23H31ClN2O2S. The summed E-state index contributed by atoms with van der Waals surface area (Å²) in [5.74, 6) is 0.0580. The zero-order valence-corrected chi connectivity index (χ0v) is 19.5. The SMILES string of the molecule is Cc1ccsc1CN(Cc1ccccc1)C(=O)CN(C(=O)C(C)(C)CCl)C(C)C. The molecule has 1 aromatic heterocycles. The monoisotopic (exact) mass is 434 g/mol. The van der Waals surface area contributed by atoms with Gasteiger partial charge in [-0.2, -0.15) is 0 Å². The van der Waals surface area contributed by atoms with E-state index in [9.17, 15) is 9.59 Å². The fourth-order valence-corrected chi connectivity index (χ4v) is 3.99. The van der Waals surface area contributed by atoms with Gasteiger partial charge < -0.3 is 9.80 Å². The molecule has 0 N–H and O–H groups in total. The lowest BCUT2D eigenvalue weighted by atomic mass is 9.93. The summed E-state index contributed by atoms with van der Waals surface area (Å²) in [5.41, 5.74) is 1.54. The molecule has 0 bridgehead atoms. The minimum absolute atomic E-state index is 0.0497. The highest BCUT2D eigenvalue weighted by atomic mass is 35.5. The average Bonchev–Trinajstić information content (AvgIpc) is 3.10. The standard InChI is InChI=1S/C23H31ClN2O2S/c1-17(2)26(22(28)23(4,5)16-24)15-21(27)25(13-19-9-7-6-8-10-19)14-20-18(3)11-12-29-20/h6-12,17H,13-16H2,1-5H3. The van der Waals surface area contributed by atoms with Gasteiger partial charge in [0.15, 0.2) is 0 Å². The average molecular weight is 435 g/mol. The molecule has 29 heavy (non-hydrogen) atoms. The Bertz CT molecular complexity index is 817. The van der Waals surface area contributed by atoms with Gasteiger partial charge in [0.25, 0.3) is 0 Å². The number of hydrogen-bond acceptors (Lipinski definition) is 3. The van der Waals surface area contributed by atoms with Crippen molar-refractivity contribution in [3.05, 3.63) is 57.8 Å². The first-order valence-corrected chi connectivity index (χ1v) is 11.3. The largest absolute Gasteiger partial charge is 0.332 e. The van der Waals surface area contributed by atoms with Crippen molar-refractivity contribution in [1.82, 2.24) is 9.80 Å². The maximum absolute atomic E-state index is 13.3. The van der Waals surface area contributed by atoms with Crippen molar-refractivity contribution in [3.8, 4) is 0 Å². The highest BCUT2D eigenvalue weighted by Crippen LogP contribution is 2.23. The highest BCUT2D eigenvalue weighted by molar-refractivity contribution is 7.10. The fraction of sp³-hybridized carbons (Fsp3) is 0.478. The summed E-state index contributed by atoms with van der Waals surface area (Å²) in [5, 5.41) is 2.04. The second-order valence-electron chi connectivity index (χ2n) is 8.31. The van der Waals surface area contributed by atoms with E-state index >= 15 is 0 Å². The summed E-state index contributed by atoms with van der Waals surface area (Å²) < 4.78 is 0. The van der Waals surface area contributed by atoms with Crippen LogP contribution in [0.5, 0.6) is 0 Å². The molecule has 4 nitrogen and oxygen atoms in total. The number of nitrogens with zero attached hydrogens (tertiary/aromatic N) is 2. The van der Waals surface area contributed by atoms with Gasteiger partial charge in [-0.15, -0.1) is 22.9 Å². The maximum Gasteiger partial charge on any atom is 0.242 e. The molecule has 2 amide bonds. The lowest BCUT2D eigenvalue weighted by Gasteiger charge is -2.35. The second kappa shape index (κ2) is 10.3. The Balaban J connectivity index is 2.24. The summed E-state index contributed by atoms with van der Waals surface area (Å²) in [6, 6.07) is 11.9. The summed E-state index contributed by atoms with van der Waals surface area (Å²) >= 11 is 7.67.